The van der Waals surface area contributed by atoms with Crippen molar-refractivity contribution in [2.75, 3.05) is 0 Å². The molecule has 0 aromatic carbocycles. The average Bonchev–Trinajstić information content (AvgIpc) is 1.85. The van der Waals surface area contributed by atoms with E-state index < -0.39 is 0 Å². The van der Waals surface area contributed by atoms with Gasteiger partial charge in [0.2, 0.25) is 0 Å². The van der Waals surface area contributed by atoms with Crippen LogP contribution in [0.1, 0.15) is 6.92 Å². The molecule has 0 spiro atoms. The molecule has 0 saturated heterocycles. The van der Waals surface area contributed by atoms with Crippen LogP contribution >= 0.6 is 0 Å². The maximum atomic E-state index is 9.72. The third kappa shape index (κ3) is 4.77. The lowest BCUT2D eigenvalue weighted by Gasteiger charge is -1.87. The highest BCUT2D eigenvalue weighted by Crippen LogP contribution is 1.89. The molecule has 9 heavy (non-hydrogen) atoms. The maximum absolute atomic E-state index is 9.72. The van der Waals surface area contributed by atoms with Crippen LogP contribution in [0.2, 0.25) is 0 Å². The van der Waals surface area contributed by atoms with Gasteiger partial charge in [-0.3, -0.25) is 15.5 Å². The van der Waals surface area contributed by atoms with Crippen LogP contribution in [0.3, 0.4) is 0 Å². The molecule has 0 heterocycles. The van der Waals surface area contributed by atoms with Crippen molar-refractivity contribution in [2.45, 2.75) is 6.92 Å². The normalized spacial score (nSPS) is 12.0. The van der Waals surface area contributed by atoms with Crippen molar-refractivity contribution in [1.29, 1.82) is 0 Å². The number of hydroxylamine groups is 1. The van der Waals surface area contributed by atoms with E-state index in [9.17, 15) is 4.79 Å². The van der Waals surface area contributed by atoms with Gasteiger partial charge in [-0.2, -0.15) is 0 Å². The van der Waals surface area contributed by atoms with Crippen LogP contribution in [-0.2, 0) is 4.79 Å². The lowest BCUT2D eigenvalue weighted by molar-refractivity contribution is -0.104. The number of carbonyl (C=O) groups excluding carboxylic acids is 1. The third-order valence-corrected chi connectivity index (χ3v) is 0.730. The van der Waals surface area contributed by atoms with Gasteiger partial charge >= 0.3 is 0 Å². The molecule has 0 amide bonds. The summed E-state index contributed by atoms with van der Waals surface area (Å²) < 4.78 is 0. The van der Waals surface area contributed by atoms with Crippen LogP contribution in [0.25, 0.3) is 0 Å². The van der Waals surface area contributed by atoms with Gasteiger partial charge in [0.15, 0.2) is 0 Å². The average molecular weight is 127 g/mol. The van der Waals surface area contributed by atoms with Crippen LogP contribution in [0.4, 0.5) is 0 Å². The van der Waals surface area contributed by atoms with Crippen molar-refractivity contribution < 1.29 is 10.0 Å². The van der Waals surface area contributed by atoms with Crippen molar-refractivity contribution in [3.63, 3.8) is 0 Å². The van der Waals surface area contributed by atoms with Gasteiger partial charge in [-0.05, 0) is 18.6 Å². The summed E-state index contributed by atoms with van der Waals surface area (Å²) in [7, 11) is 0. The molecule has 0 aromatic heterocycles. The predicted octanol–water partition coefficient (Wildman–Crippen LogP) is 0.624. The maximum Gasteiger partial charge on any atom is 0.142 e. The second-order valence-corrected chi connectivity index (χ2v) is 1.51. The van der Waals surface area contributed by atoms with Gasteiger partial charge in [0.05, 0.1) is 0 Å². The van der Waals surface area contributed by atoms with Crippen LogP contribution in [-0.4, -0.2) is 11.5 Å². The molecule has 0 aliphatic heterocycles. The van der Waals surface area contributed by atoms with E-state index in [1.165, 1.54) is 12.3 Å². The summed E-state index contributed by atoms with van der Waals surface area (Å²) >= 11 is 0. The van der Waals surface area contributed by atoms with Gasteiger partial charge in [0.1, 0.15) is 6.29 Å². The molecule has 0 bridgehead atoms. The van der Waals surface area contributed by atoms with Gasteiger partial charge in [-0.15, -0.1) is 0 Å². The second kappa shape index (κ2) is 5.05. The zero-order valence-electron chi connectivity index (χ0n) is 5.16. The Balaban J connectivity index is 3.74. The number of carbonyl (C=O) groups is 1. The second-order valence-electron chi connectivity index (χ2n) is 1.51. The summed E-state index contributed by atoms with van der Waals surface area (Å²) in [6.45, 7) is 1.75. The zero-order chi connectivity index (χ0) is 7.11. The first-order chi connectivity index (χ1) is 4.31. The number of nitrogens with one attached hydrogen (secondary N) is 1. The number of rotatable bonds is 3. The summed E-state index contributed by atoms with van der Waals surface area (Å²) in [6, 6.07) is 0. The van der Waals surface area contributed by atoms with Gasteiger partial charge in [0.25, 0.3) is 0 Å². The summed E-state index contributed by atoms with van der Waals surface area (Å²) in [5, 5.41) is 8.09. The number of hydrogen-bond acceptors (Lipinski definition) is 3. The number of aldehydes is 1. The highest BCUT2D eigenvalue weighted by Gasteiger charge is 1.75. The molecule has 50 valence electrons. The molecule has 3 heteroatoms. The van der Waals surface area contributed by atoms with E-state index >= 15 is 0 Å². The Morgan fingerprint density at radius 1 is 1.67 bits per heavy atom. The Bertz CT molecular complexity index is 138. The predicted molar refractivity (Wildman–Crippen MR) is 33.9 cm³/mol. The van der Waals surface area contributed by atoms with Crippen LogP contribution < -0.4 is 5.48 Å². The van der Waals surface area contributed by atoms with Crippen molar-refractivity contribution in [3.05, 3.63) is 23.9 Å². The Hall–Kier alpha value is -1.09. The molecule has 0 unspecified atom stereocenters. The van der Waals surface area contributed by atoms with E-state index in [1.807, 2.05) is 5.48 Å². The lowest BCUT2D eigenvalue weighted by Crippen LogP contribution is -1.94. The Labute approximate surface area is 53.6 Å². The van der Waals surface area contributed by atoms with E-state index in [0.717, 1.165) is 5.57 Å². The molecule has 0 aliphatic carbocycles. The summed E-state index contributed by atoms with van der Waals surface area (Å²) in [5.41, 5.74) is 2.63. The largest absolute Gasteiger partial charge is 0.299 e. The quantitative estimate of drug-likeness (QED) is 0.253. The fraction of sp³-hybridized carbons (Fsp3) is 0.167. The standard InChI is InChI=1S/C6H9NO2/c1-6(5-7-9)3-2-4-8/h2-5,7,9H,1H3. The van der Waals surface area contributed by atoms with Crippen molar-refractivity contribution >= 4 is 6.29 Å². The monoisotopic (exact) mass is 127 g/mol. The SMILES string of the molecule is CC(C=CC=O)=CNO. The zero-order valence-corrected chi connectivity index (χ0v) is 5.16. The van der Waals surface area contributed by atoms with Gasteiger partial charge < -0.3 is 0 Å². The minimum atomic E-state index is 0.675. The molecule has 0 radical (unpaired) electrons. The first kappa shape index (κ1) is 7.91. The molecular weight excluding hydrogens is 118 g/mol. The molecule has 0 aliphatic rings. The van der Waals surface area contributed by atoms with E-state index in [2.05, 4.69) is 0 Å². The molecule has 0 rings (SSSR count). The van der Waals surface area contributed by atoms with Gasteiger partial charge in [-0.1, -0.05) is 6.08 Å². The minimum Gasteiger partial charge on any atom is -0.299 e. The Morgan fingerprint density at radius 2 is 2.33 bits per heavy atom. The van der Waals surface area contributed by atoms with Gasteiger partial charge in [0, 0.05) is 6.20 Å². The van der Waals surface area contributed by atoms with Crippen LogP contribution in [0.15, 0.2) is 23.9 Å². The topological polar surface area (TPSA) is 49.3 Å². The molecule has 0 atom stereocenters. The van der Waals surface area contributed by atoms with Crippen LogP contribution in [0, 0.1) is 0 Å². The summed E-state index contributed by atoms with van der Waals surface area (Å²) in [5.74, 6) is 0. The Morgan fingerprint density at radius 3 is 2.78 bits per heavy atom. The highest BCUT2D eigenvalue weighted by molar-refractivity contribution is 5.65. The number of allylic oxidation sites excluding steroid dienone is 3. The highest BCUT2D eigenvalue weighted by atomic mass is 16.5. The van der Waals surface area contributed by atoms with Crippen molar-refractivity contribution in [3.8, 4) is 0 Å². The van der Waals surface area contributed by atoms with Crippen LogP contribution in [0.5, 0.6) is 0 Å². The van der Waals surface area contributed by atoms with Crippen molar-refractivity contribution in [1.82, 2.24) is 5.48 Å². The molecule has 0 fully saturated rings. The molecular formula is C6H9NO2. The van der Waals surface area contributed by atoms with E-state index in [0.29, 0.717) is 6.29 Å². The molecule has 3 nitrogen and oxygen atoms in total. The lowest BCUT2D eigenvalue weighted by atomic mass is 10.3. The van der Waals surface area contributed by atoms with Gasteiger partial charge in [-0.25, -0.2) is 0 Å². The molecule has 2 N–H and O–H groups in total. The first-order valence-electron chi connectivity index (χ1n) is 2.49. The van der Waals surface area contributed by atoms with E-state index in [4.69, 9.17) is 5.21 Å². The number of hydrogen-bond donors (Lipinski definition) is 2. The summed E-state index contributed by atoms with van der Waals surface area (Å²) in [4.78, 5) is 9.72. The fourth-order valence-corrected chi connectivity index (χ4v) is 0.341. The fourth-order valence-electron chi connectivity index (χ4n) is 0.341. The Kier molecular flexibility index (Phi) is 4.44. The van der Waals surface area contributed by atoms with E-state index in [-0.39, 0.29) is 0 Å². The molecule has 0 saturated carbocycles. The first-order valence-corrected chi connectivity index (χ1v) is 2.49. The molecule has 0 aromatic rings. The van der Waals surface area contributed by atoms with E-state index in [1.54, 1.807) is 13.0 Å². The summed E-state index contributed by atoms with van der Waals surface area (Å²) in [6.07, 6.45) is 4.98. The van der Waals surface area contributed by atoms with Crippen molar-refractivity contribution in [2.24, 2.45) is 0 Å². The smallest absolute Gasteiger partial charge is 0.142 e. The minimum absolute atomic E-state index is 0.675. The third-order valence-electron chi connectivity index (χ3n) is 0.730.